The molecule has 2 fully saturated rings. The first-order valence-corrected chi connectivity index (χ1v) is 6.21. The van der Waals surface area contributed by atoms with Crippen molar-refractivity contribution in [2.45, 2.75) is 57.8 Å². The minimum absolute atomic E-state index is 0.148. The first kappa shape index (κ1) is 14.2. The normalized spacial score (nSPS) is 35.8. The highest BCUT2D eigenvalue weighted by Gasteiger charge is 2.41. The summed E-state index contributed by atoms with van der Waals surface area (Å²) in [7, 11) is 0. The summed E-state index contributed by atoms with van der Waals surface area (Å²) >= 11 is 0. The molecular formula is C12H22O6. The Bertz CT molecular complexity index is 290. The maximum Gasteiger partial charge on any atom is 0.184 e. The molecule has 6 nitrogen and oxygen atoms in total. The van der Waals surface area contributed by atoms with Crippen LogP contribution in [0.5, 0.6) is 0 Å². The summed E-state index contributed by atoms with van der Waals surface area (Å²) < 4.78 is 27.7. The third-order valence-electron chi connectivity index (χ3n) is 2.93. The van der Waals surface area contributed by atoms with Crippen molar-refractivity contribution in [1.29, 1.82) is 0 Å². The van der Waals surface area contributed by atoms with Gasteiger partial charge >= 0.3 is 0 Å². The van der Waals surface area contributed by atoms with Crippen LogP contribution in [0, 0.1) is 0 Å². The van der Waals surface area contributed by atoms with Gasteiger partial charge < -0.3 is 28.8 Å². The van der Waals surface area contributed by atoms with Gasteiger partial charge in [-0.05, 0) is 27.7 Å². The molecule has 2 saturated heterocycles. The van der Waals surface area contributed by atoms with Crippen LogP contribution in [0.2, 0.25) is 0 Å². The van der Waals surface area contributed by atoms with Gasteiger partial charge in [-0.2, -0.15) is 0 Å². The van der Waals surface area contributed by atoms with E-state index in [0.717, 1.165) is 0 Å². The quantitative estimate of drug-likeness (QED) is 0.801. The molecule has 0 spiro atoms. The molecule has 0 aromatic heterocycles. The zero-order valence-corrected chi connectivity index (χ0v) is 11.3. The van der Waals surface area contributed by atoms with E-state index in [1.807, 2.05) is 27.7 Å². The second kappa shape index (κ2) is 5.03. The van der Waals surface area contributed by atoms with Crippen LogP contribution in [0.25, 0.3) is 0 Å². The van der Waals surface area contributed by atoms with Gasteiger partial charge in [0.25, 0.3) is 0 Å². The maximum atomic E-state index is 9.39. The zero-order chi connectivity index (χ0) is 13.4. The Hall–Kier alpha value is -0.240. The zero-order valence-electron chi connectivity index (χ0n) is 11.3. The van der Waals surface area contributed by atoms with Crippen molar-refractivity contribution >= 4 is 0 Å². The first-order valence-electron chi connectivity index (χ1n) is 6.21. The van der Waals surface area contributed by atoms with Crippen molar-refractivity contribution in [3.8, 4) is 0 Å². The Morgan fingerprint density at radius 3 is 2.17 bits per heavy atom. The van der Waals surface area contributed by atoms with E-state index in [1.165, 1.54) is 0 Å². The van der Waals surface area contributed by atoms with E-state index >= 15 is 0 Å². The third kappa shape index (κ3) is 3.40. The maximum absolute atomic E-state index is 9.39. The van der Waals surface area contributed by atoms with Gasteiger partial charge in [0.2, 0.25) is 0 Å². The molecule has 106 valence electrons. The van der Waals surface area contributed by atoms with E-state index in [9.17, 15) is 5.11 Å². The molecule has 2 heterocycles. The topological polar surface area (TPSA) is 66.4 Å². The Morgan fingerprint density at radius 1 is 1.11 bits per heavy atom. The summed E-state index contributed by atoms with van der Waals surface area (Å²) in [5.41, 5.74) is 0. The van der Waals surface area contributed by atoms with Crippen molar-refractivity contribution < 1.29 is 28.8 Å². The van der Waals surface area contributed by atoms with Crippen molar-refractivity contribution in [1.82, 2.24) is 0 Å². The second-order valence-electron chi connectivity index (χ2n) is 5.48. The number of rotatable bonds is 4. The van der Waals surface area contributed by atoms with Crippen LogP contribution in [0.1, 0.15) is 27.7 Å². The molecule has 0 radical (unpaired) electrons. The first-order chi connectivity index (χ1) is 8.31. The van der Waals surface area contributed by atoms with Crippen molar-refractivity contribution in [2.24, 2.45) is 0 Å². The molecule has 3 atom stereocenters. The molecule has 0 aliphatic carbocycles. The lowest BCUT2D eigenvalue weighted by atomic mass is 10.2. The molecule has 2 rings (SSSR count). The molecule has 0 amide bonds. The molecule has 0 aromatic rings. The lowest BCUT2D eigenvalue weighted by Gasteiger charge is -2.25. The molecular weight excluding hydrogens is 240 g/mol. The number of aliphatic hydroxyl groups excluding tert-OH is 1. The van der Waals surface area contributed by atoms with E-state index in [-0.39, 0.29) is 12.7 Å². The lowest BCUT2D eigenvalue weighted by molar-refractivity contribution is -0.228. The van der Waals surface area contributed by atoms with E-state index in [1.54, 1.807) is 0 Å². The van der Waals surface area contributed by atoms with E-state index in [0.29, 0.717) is 13.2 Å². The standard InChI is InChI=1S/C12H22O6/c1-11(2)14-6-9(17-11)8(5-13)16-10-7-15-12(3,4)18-10/h8-10,13H,5-7H2,1-4H3. The molecule has 6 heteroatoms. The van der Waals surface area contributed by atoms with Crippen molar-refractivity contribution in [3.63, 3.8) is 0 Å². The summed E-state index contributed by atoms with van der Waals surface area (Å²) in [5, 5.41) is 9.39. The summed E-state index contributed by atoms with van der Waals surface area (Å²) in [6.45, 7) is 7.91. The second-order valence-corrected chi connectivity index (χ2v) is 5.48. The third-order valence-corrected chi connectivity index (χ3v) is 2.93. The average Bonchev–Trinajstić information content (AvgIpc) is 2.78. The molecule has 2 aliphatic heterocycles. The van der Waals surface area contributed by atoms with Gasteiger partial charge in [-0.1, -0.05) is 0 Å². The summed E-state index contributed by atoms with van der Waals surface area (Å²) in [6.07, 6.45) is -1.25. The van der Waals surface area contributed by atoms with E-state index < -0.39 is 24.0 Å². The van der Waals surface area contributed by atoms with Crippen LogP contribution in [-0.2, 0) is 23.7 Å². The molecule has 0 saturated carbocycles. The monoisotopic (exact) mass is 262 g/mol. The highest BCUT2D eigenvalue weighted by atomic mass is 16.8. The fourth-order valence-corrected chi connectivity index (χ4v) is 2.06. The number of aliphatic hydroxyl groups is 1. The molecule has 0 bridgehead atoms. The van der Waals surface area contributed by atoms with Gasteiger partial charge in [-0.3, -0.25) is 0 Å². The number of hydrogen-bond acceptors (Lipinski definition) is 6. The molecule has 1 N–H and O–H groups in total. The Morgan fingerprint density at radius 2 is 1.72 bits per heavy atom. The predicted octanol–water partition coefficient (Wildman–Crippen LogP) is 0.624. The van der Waals surface area contributed by atoms with Gasteiger partial charge in [0, 0.05) is 0 Å². The Balaban J connectivity index is 1.87. The number of ether oxygens (including phenoxy) is 5. The van der Waals surface area contributed by atoms with Crippen LogP contribution in [0.15, 0.2) is 0 Å². The van der Waals surface area contributed by atoms with Crippen LogP contribution in [0.4, 0.5) is 0 Å². The van der Waals surface area contributed by atoms with Crippen LogP contribution in [0.3, 0.4) is 0 Å². The molecule has 2 aliphatic rings. The van der Waals surface area contributed by atoms with Gasteiger partial charge in [-0.15, -0.1) is 0 Å². The summed E-state index contributed by atoms with van der Waals surface area (Å²) in [6, 6.07) is 0. The predicted molar refractivity (Wildman–Crippen MR) is 61.8 cm³/mol. The van der Waals surface area contributed by atoms with Gasteiger partial charge in [0.15, 0.2) is 17.9 Å². The molecule has 18 heavy (non-hydrogen) atoms. The van der Waals surface area contributed by atoms with E-state index in [2.05, 4.69) is 0 Å². The smallest absolute Gasteiger partial charge is 0.184 e. The highest BCUT2D eigenvalue weighted by Crippen LogP contribution is 2.28. The van der Waals surface area contributed by atoms with Crippen LogP contribution >= 0.6 is 0 Å². The van der Waals surface area contributed by atoms with Crippen LogP contribution in [-0.4, -0.2) is 55.0 Å². The highest BCUT2D eigenvalue weighted by molar-refractivity contribution is 4.79. The summed E-state index contributed by atoms with van der Waals surface area (Å²) in [5.74, 6) is -1.27. The molecule has 3 unspecified atom stereocenters. The van der Waals surface area contributed by atoms with Gasteiger partial charge in [0.1, 0.15) is 18.8 Å². The minimum atomic E-state index is -0.642. The fraction of sp³-hybridized carbons (Fsp3) is 1.00. The number of hydrogen-bond donors (Lipinski definition) is 1. The lowest BCUT2D eigenvalue weighted by Crippen LogP contribution is -2.39. The SMILES string of the molecule is CC1(C)OCC(OC(CO)C2COC(C)(C)O2)O1. The Labute approximate surface area is 107 Å². The average molecular weight is 262 g/mol. The van der Waals surface area contributed by atoms with Crippen molar-refractivity contribution in [3.05, 3.63) is 0 Å². The minimum Gasteiger partial charge on any atom is -0.394 e. The van der Waals surface area contributed by atoms with Gasteiger partial charge in [0.05, 0.1) is 13.2 Å². The van der Waals surface area contributed by atoms with Gasteiger partial charge in [-0.25, -0.2) is 0 Å². The molecule has 0 aromatic carbocycles. The van der Waals surface area contributed by atoms with Crippen molar-refractivity contribution in [2.75, 3.05) is 19.8 Å². The van der Waals surface area contributed by atoms with Crippen LogP contribution < -0.4 is 0 Å². The largest absolute Gasteiger partial charge is 0.394 e. The Kier molecular flexibility index (Phi) is 3.96. The van der Waals surface area contributed by atoms with E-state index in [4.69, 9.17) is 23.7 Å². The summed E-state index contributed by atoms with van der Waals surface area (Å²) in [4.78, 5) is 0. The fourth-order valence-electron chi connectivity index (χ4n) is 2.06.